The zero-order valence-corrected chi connectivity index (χ0v) is 10.5. The van der Waals surface area contributed by atoms with Crippen molar-refractivity contribution in [3.8, 4) is 0 Å². The Morgan fingerprint density at radius 1 is 1.17 bits per heavy atom. The van der Waals surface area contributed by atoms with Gasteiger partial charge in [-0.15, -0.1) is 0 Å². The number of carbonyl (C=O) groups is 1. The van der Waals surface area contributed by atoms with Crippen molar-refractivity contribution in [3.05, 3.63) is 42.5 Å². The van der Waals surface area contributed by atoms with Gasteiger partial charge in [-0.25, -0.2) is 0 Å². The molecule has 0 atom stereocenters. The highest BCUT2D eigenvalue weighted by atomic mass is 16.5. The Bertz CT molecular complexity index is 532. The van der Waals surface area contributed by atoms with Crippen LogP contribution in [-0.4, -0.2) is 19.6 Å². The maximum atomic E-state index is 11.0. The van der Waals surface area contributed by atoms with Gasteiger partial charge >= 0.3 is 5.97 Å². The topological polar surface area (TPSA) is 38.3 Å². The third-order valence-electron chi connectivity index (χ3n) is 2.89. The molecule has 0 aliphatic heterocycles. The van der Waals surface area contributed by atoms with E-state index in [1.165, 1.54) is 17.9 Å². The molecule has 0 amide bonds. The van der Waals surface area contributed by atoms with E-state index in [0.29, 0.717) is 6.42 Å². The lowest BCUT2D eigenvalue weighted by Gasteiger charge is -2.09. The third-order valence-corrected chi connectivity index (χ3v) is 2.89. The summed E-state index contributed by atoms with van der Waals surface area (Å²) in [6, 6.07) is 14.4. The van der Waals surface area contributed by atoms with E-state index in [9.17, 15) is 4.79 Å². The fourth-order valence-corrected chi connectivity index (χ4v) is 1.94. The van der Waals surface area contributed by atoms with Crippen molar-refractivity contribution in [2.75, 3.05) is 19.0 Å². The highest BCUT2D eigenvalue weighted by Crippen LogP contribution is 2.22. The summed E-state index contributed by atoms with van der Waals surface area (Å²) in [6.45, 7) is 0.767. The van der Waals surface area contributed by atoms with Gasteiger partial charge in [-0.2, -0.15) is 0 Å². The van der Waals surface area contributed by atoms with E-state index in [0.717, 1.165) is 18.7 Å². The molecule has 0 aliphatic rings. The largest absolute Gasteiger partial charge is 0.469 e. The molecule has 0 fully saturated rings. The summed E-state index contributed by atoms with van der Waals surface area (Å²) in [5.74, 6) is -0.158. The number of nitrogens with one attached hydrogen (secondary N) is 1. The summed E-state index contributed by atoms with van der Waals surface area (Å²) in [4.78, 5) is 11.0. The molecule has 0 aromatic heterocycles. The van der Waals surface area contributed by atoms with Gasteiger partial charge in [0, 0.05) is 24.0 Å². The first kappa shape index (κ1) is 12.4. The van der Waals surface area contributed by atoms with Gasteiger partial charge in [-0.05, 0) is 17.9 Å². The molecule has 0 saturated heterocycles. The van der Waals surface area contributed by atoms with E-state index in [1.807, 2.05) is 18.2 Å². The van der Waals surface area contributed by atoms with E-state index in [2.05, 4.69) is 34.3 Å². The van der Waals surface area contributed by atoms with Crippen LogP contribution in [0.15, 0.2) is 42.5 Å². The fourth-order valence-electron chi connectivity index (χ4n) is 1.94. The van der Waals surface area contributed by atoms with Crippen molar-refractivity contribution in [2.24, 2.45) is 0 Å². The first-order valence-electron chi connectivity index (χ1n) is 6.09. The molecule has 0 radical (unpaired) electrons. The van der Waals surface area contributed by atoms with Crippen LogP contribution in [0.5, 0.6) is 0 Å². The van der Waals surface area contributed by atoms with Crippen molar-refractivity contribution in [3.63, 3.8) is 0 Å². The van der Waals surface area contributed by atoms with Gasteiger partial charge in [0.1, 0.15) is 0 Å². The lowest BCUT2D eigenvalue weighted by molar-refractivity contribution is -0.140. The number of hydrogen-bond acceptors (Lipinski definition) is 3. The van der Waals surface area contributed by atoms with Crippen molar-refractivity contribution in [1.29, 1.82) is 0 Å². The Morgan fingerprint density at radius 3 is 2.78 bits per heavy atom. The van der Waals surface area contributed by atoms with Crippen molar-refractivity contribution >= 4 is 22.4 Å². The second kappa shape index (κ2) is 6.05. The van der Waals surface area contributed by atoms with Crippen LogP contribution in [0, 0.1) is 0 Å². The number of fused-ring (bicyclic) bond motifs is 1. The quantitative estimate of drug-likeness (QED) is 0.647. The molecule has 3 nitrogen and oxygen atoms in total. The maximum absolute atomic E-state index is 11.0. The van der Waals surface area contributed by atoms with Crippen LogP contribution in [-0.2, 0) is 9.53 Å². The maximum Gasteiger partial charge on any atom is 0.305 e. The first-order chi connectivity index (χ1) is 8.81. The zero-order valence-electron chi connectivity index (χ0n) is 10.5. The first-order valence-corrected chi connectivity index (χ1v) is 6.09. The molecule has 2 rings (SSSR count). The molecule has 18 heavy (non-hydrogen) atoms. The van der Waals surface area contributed by atoms with E-state index >= 15 is 0 Å². The number of anilines is 1. The SMILES string of the molecule is COC(=O)CCCNc1cccc2ccccc12. The van der Waals surface area contributed by atoms with E-state index in [-0.39, 0.29) is 5.97 Å². The molecule has 0 heterocycles. The second-order valence-electron chi connectivity index (χ2n) is 4.13. The zero-order chi connectivity index (χ0) is 12.8. The molecule has 2 aromatic rings. The molecular formula is C15H17NO2. The molecule has 0 bridgehead atoms. The summed E-state index contributed by atoms with van der Waals surface area (Å²) in [5, 5.41) is 5.78. The number of ether oxygens (including phenoxy) is 1. The van der Waals surface area contributed by atoms with E-state index in [1.54, 1.807) is 0 Å². The Balaban J connectivity index is 1.97. The van der Waals surface area contributed by atoms with Crippen molar-refractivity contribution in [1.82, 2.24) is 0 Å². The Labute approximate surface area is 107 Å². The second-order valence-corrected chi connectivity index (χ2v) is 4.13. The number of methoxy groups -OCH3 is 1. The number of rotatable bonds is 5. The normalized spacial score (nSPS) is 10.3. The summed E-state index contributed by atoms with van der Waals surface area (Å²) in [5.41, 5.74) is 1.11. The molecule has 0 spiro atoms. The lowest BCUT2D eigenvalue weighted by Crippen LogP contribution is -2.06. The van der Waals surface area contributed by atoms with Gasteiger partial charge in [0.15, 0.2) is 0 Å². The molecule has 3 heteroatoms. The summed E-state index contributed by atoms with van der Waals surface area (Å²) in [6.07, 6.45) is 1.23. The van der Waals surface area contributed by atoms with Crippen LogP contribution in [0.3, 0.4) is 0 Å². The van der Waals surface area contributed by atoms with Gasteiger partial charge in [0.25, 0.3) is 0 Å². The molecule has 1 N–H and O–H groups in total. The Morgan fingerprint density at radius 2 is 1.94 bits per heavy atom. The number of benzene rings is 2. The molecule has 0 unspecified atom stereocenters. The average molecular weight is 243 g/mol. The van der Waals surface area contributed by atoms with Crippen LogP contribution in [0.4, 0.5) is 5.69 Å². The van der Waals surface area contributed by atoms with Crippen LogP contribution >= 0.6 is 0 Å². The molecule has 94 valence electrons. The third kappa shape index (κ3) is 3.00. The monoisotopic (exact) mass is 243 g/mol. The standard InChI is InChI=1S/C15H17NO2/c1-18-15(17)10-5-11-16-14-9-4-7-12-6-2-3-8-13(12)14/h2-4,6-9,16H,5,10-11H2,1H3. The van der Waals surface area contributed by atoms with Gasteiger partial charge in [0.05, 0.1) is 7.11 Å². The van der Waals surface area contributed by atoms with Crippen LogP contribution in [0.25, 0.3) is 10.8 Å². The molecule has 0 saturated carbocycles. The predicted molar refractivity (Wildman–Crippen MR) is 73.7 cm³/mol. The Kier molecular flexibility index (Phi) is 4.18. The highest BCUT2D eigenvalue weighted by molar-refractivity contribution is 5.93. The van der Waals surface area contributed by atoms with Gasteiger partial charge in [-0.3, -0.25) is 4.79 Å². The van der Waals surface area contributed by atoms with Gasteiger partial charge in [-0.1, -0.05) is 36.4 Å². The summed E-state index contributed by atoms with van der Waals surface area (Å²) < 4.78 is 4.61. The van der Waals surface area contributed by atoms with Gasteiger partial charge in [0.2, 0.25) is 0 Å². The number of esters is 1. The summed E-state index contributed by atoms with van der Waals surface area (Å²) >= 11 is 0. The predicted octanol–water partition coefficient (Wildman–Crippen LogP) is 3.20. The van der Waals surface area contributed by atoms with Crippen LogP contribution < -0.4 is 5.32 Å². The van der Waals surface area contributed by atoms with E-state index < -0.39 is 0 Å². The van der Waals surface area contributed by atoms with Crippen LogP contribution in [0.1, 0.15) is 12.8 Å². The van der Waals surface area contributed by atoms with Crippen molar-refractivity contribution in [2.45, 2.75) is 12.8 Å². The van der Waals surface area contributed by atoms with Crippen LogP contribution in [0.2, 0.25) is 0 Å². The minimum atomic E-state index is -0.158. The minimum Gasteiger partial charge on any atom is -0.469 e. The van der Waals surface area contributed by atoms with Gasteiger partial charge < -0.3 is 10.1 Å². The molecule has 0 aliphatic carbocycles. The van der Waals surface area contributed by atoms with E-state index in [4.69, 9.17) is 0 Å². The lowest BCUT2D eigenvalue weighted by atomic mass is 10.1. The smallest absolute Gasteiger partial charge is 0.305 e. The Hall–Kier alpha value is -2.03. The van der Waals surface area contributed by atoms with Crippen molar-refractivity contribution < 1.29 is 9.53 Å². The summed E-state index contributed by atoms with van der Waals surface area (Å²) in [7, 11) is 1.42. The number of carbonyl (C=O) groups excluding carboxylic acids is 1. The number of hydrogen-bond donors (Lipinski definition) is 1. The molecule has 2 aromatic carbocycles. The average Bonchev–Trinajstić information content (AvgIpc) is 2.43. The fraction of sp³-hybridized carbons (Fsp3) is 0.267. The molecular weight excluding hydrogens is 226 g/mol. The highest BCUT2D eigenvalue weighted by Gasteiger charge is 2.01. The minimum absolute atomic E-state index is 0.158.